The second kappa shape index (κ2) is 9.39. The summed E-state index contributed by atoms with van der Waals surface area (Å²) >= 11 is 1.18. The Kier molecular flexibility index (Phi) is 9.10. The summed E-state index contributed by atoms with van der Waals surface area (Å²) < 4.78 is 0. The number of nitrogens with one attached hydrogen (secondary N) is 1. The molecule has 0 aliphatic heterocycles. The van der Waals surface area contributed by atoms with E-state index < -0.39 is 6.10 Å². The van der Waals surface area contributed by atoms with Gasteiger partial charge in [0.25, 0.3) is 0 Å². The fourth-order valence-corrected chi connectivity index (χ4v) is 2.27. The Hall–Kier alpha value is -0.550. The number of hydrogen-bond donors (Lipinski definition) is 2. The summed E-state index contributed by atoms with van der Waals surface area (Å²) in [5.41, 5.74) is 0. The maximum Gasteiger partial charge on any atom is 0.219 e. The average Bonchev–Trinajstić information content (AvgIpc) is 2.31. The third kappa shape index (κ3) is 7.71. The summed E-state index contributed by atoms with van der Waals surface area (Å²) in [6, 6.07) is 0. The van der Waals surface area contributed by atoms with Crippen molar-refractivity contribution in [1.82, 2.24) is 5.32 Å². The fraction of sp³-hybridized carbons (Fsp3) is 0.846. The van der Waals surface area contributed by atoms with Gasteiger partial charge >= 0.3 is 0 Å². The second-order valence-corrected chi connectivity index (χ2v) is 5.96. The van der Waals surface area contributed by atoms with Crippen LogP contribution in [0, 0.1) is 11.8 Å². The van der Waals surface area contributed by atoms with Gasteiger partial charge in [0, 0.05) is 18.7 Å². The van der Waals surface area contributed by atoms with Crippen LogP contribution in [0.25, 0.3) is 0 Å². The van der Waals surface area contributed by atoms with Crippen molar-refractivity contribution >= 4 is 22.8 Å². The van der Waals surface area contributed by atoms with Crippen LogP contribution < -0.4 is 5.32 Å². The Bertz CT molecular complexity index is 269. The van der Waals surface area contributed by atoms with Crippen molar-refractivity contribution in [3.05, 3.63) is 0 Å². The van der Waals surface area contributed by atoms with E-state index in [2.05, 4.69) is 5.32 Å². The first-order valence-electron chi connectivity index (χ1n) is 6.49. The summed E-state index contributed by atoms with van der Waals surface area (Å²) in [5, 5.41) is 12.5. The van der Waals surface area contributed by atoms with Crippen LogP contribution in [0.1, 0.15) is 40.5 Å². The molecule has 106 valence electrons. The molecule has 0 aliphatic carbocycles. The van der Waals surface area contributed by atoms with E-state index >= 15 is 0 Å². The maximum absolute atomic E-state index is 11.8. The zero-order chi connectivity index (χ0) is 14.1. The van der Waals surface area contributed by atoms with Gasteiger partial charge < -0.3 is 10.4 Å². The van der Waals surface area contributed by atoms with Crippen molar-refractivity contribution in [2.45, 2.75) is 46.6 Å². The van der Waals surface area contributed by atoms with E-state index in [0.717, 1.165) is 0 Å². The van der Waals surface area contributed by atoms with Crippen molar-refractivity contribution in [3.8, 4) is 0 Å². The molecule has 0 saturated heterocycles. The Labute approximate surface area is 114 Å². The highest BCUT2D eigenvalue weighted by molar-refractivity contribution is 8.13. The first kappa shape index (κ1) is 17.4. The van der Waals surface area contributed by atoms with Gasteiger partial charge in [-0.1, -0.05) is 39.5 Å². The lowest BCUT2D eigenvalue weighted by Crippen LogP contribution is -2.28. The minimum Gasteiger partial charge on any atom is -0.392 e. The van der Waals surface area contributed by atoms with Gasteiger partial charge in [0.15, 0.2) is 5.12 Å². The number of carbonyl (C=O) groups excluding carboxylic acids is 2. The third-order valence-electron chi connectivity index (χ3n) is 2.65. The molecule has 0 aliphatic rings. The summed E-state index contributed by atoms with van der Waals surface area (Å²) in [6.07, 6.45) is 0.526. The molecule has 0 fully saturated rings. The van der Waals surface area contributed by atoms with Crippen LogP contribution in [0.4, 0.5) is 0 Å². The molecule has 0 rings (SSSR count). The monoisotopic (exact) mass is 275 g/mol. The van der Waals surface area contributed by atoms with Gasteiger partial charge in [0.1, 0.15) is 0 Å². The predicted octanol–water partition coefficient (Wildman–Crippen LogP) is 1.82. The van der Waals surface area contributed by atoms with Gasteiger partial charge in [-0.15, -0.1) is 0 Å². The highest BCUT2D eigenvalue weighted by Gasteiger charge is 2.22. The third-order valence-corrected chi connectivity index (χ3v) is 3.72. The lowest BCUT2D eigenvalue weighted by Gasteiger charge is -2.19. The van der Waals surface area contributed by atoms with Crippen molar-refractivity contribution < 1.29 is 14.7 Å². The molecule has 0 saturated carbocycles. The summed E-state index contributed by atoms with van der Waals surface area (Å²) in [4.78, 5) is 22.7. The lowest BCUT2D eigenvalue weighted by molar-refractivity contribution is -0.120. The van der Waals surface area contributed by atoms with Crippen LogP contribution >= 0.6 is 11.8 Å². The van der Waals surface area contributed by atoms with Gasteiger partial charge in [-0.25, -0.2) is 0 Å². The molecule has 0 aromatic rings. The number of aliphatic hydroxyl groups excluding tert-OH is 1. The van der Waals surface area contributed by atoms with Crippen molar-refractivity contribution in [1.29, 1.82) is 0 Å². The zero-order valence-corrected chi connectivity index (χ0v) is 12.5. The van der Waals surface area contributed by atoms with Crippen LogP contribution in [0.2, 0.25) is 0 Å². The van der Waals surface area contributed by atoms with E-state index in [0.29, 0.717) is 31.1 Å². The molecular formula is C13H25NO3S. The Morgan fingerprint density at radius 1 is 1.28 bits per heavy atom. The smallest absolute Gasteiger partial charge is 0.219 e. The second-order valence-electron chi connectivity index (χ2n) is 4.86. The topological polar surface area (TPSA) is 66.4 Å². The minimum atomic E-state index is -0.574. The van der Waals surface area contributed by atoms with Gasteiger partial charge in [-0.3, -0.25) is 9.59 Å². The van der Waals surface area contributed by atoms with Crippen LogP contribution in [0.3, 0.4) is 0 Å². The molecule has 0 bridgehead atoms. The molecule has 0 aromatic heterocycles. The number of amides is 1. The standard InChI is InChI=1S/C13H25NO3S/c1-5-12(16)14-6-7-18-13(17)10(4)11(15)8-9(2)3/h9-11,15H,5-8H2,1-4H3,(H,14,16)/t10-,11+/m1/s1. The molecule has 1 amide bonds. The first-order chi connectivity index (χ1) is 8.38. The maximum atomic E-state index is 11.8. The molecule has 0 spiro atoms. The number of carbonyl (C=O) groups is 2. The first-order valence-corrected chi connectivity index (χ1v) is 7.48. The SMILES string of the molecule is CCC(=O)NCCSC(=O)[C@H](C)[C@@H](O)CC(C)C. The van der Waals surface area contributed by atoms with E-state index in [1.165, 1.54) is 11.8 Å². The van der Waals surface area contributed by atoms with E-state index in [1.807, 2.05) is 13.8 Å². The minimum absolute atomic E-state index is 0.00376. The van der Waals surface area contributed by atoms with Crippen molar-refractivity contribution in [2.75, 3.05) is 12.3 Å². The van der Waals surface area contributed by atoms with Gasteiger partial charge in [-0.2, -0.15) is 0 Å². The molecule has 18 heavy (non-hydrogen) atoms. The number of hydrogen-bond acceptors (Lipinski definition) is 4. The summed E-state index contributed by atoms with van der Waals surface area (Å²) in [5.74, 6) is 0.586. The normalized spacial score (nSPS) is 14.3. The van der Waals surface area contributed by atoms with Gasteiger partial charge in [0.2, 0.25) is 5.91 Å². The van der Waals surface area contributed by atoms with Crippen LogP contribution in [-0.2, 0) is 9.59 Å². The molecule has 0 radical (unpaired) electrons. The number of aliphatic hydroxyl groups is 1. The Morgan fingerprint density at radius 2 is 1.89 bits per heavy atom. The number of thioether (sulfide) groups is 1. The average molecular weight is 275 g/mol. The molecule has 0 unspecified atom stereocenters. The number of rotatable bonds is 8. The van der Waals surface area contributed by atoms with Crippen LogP contribution in [0.5, 0.6) is 0 Å². The van der Waals surface area contributed by atoms with E-state index in [1.54, 1.807) is 13.8 Å². The fourth-order valence-electron chi connectivity index (χ4n) is 1.44. The highest BCUT2D eigenvalue weighted by atomic mass is 32.2. The van der Waals surface area contributed by atoms with Gasteiger partial charge in [-0.05, 0) is 12.3 Å². The predicted molar refractivity (Wildman–Crippen MR) is 75.4 cm³/mol. The van der Waals surface area contributed by atoms with E-state index in [9.17, 15) is 14.7 Å². The van der Waals surface area contributed by atoms with E-state index in [-0.39, 0.29) is 16.9 Å². The van der Waals surface area contributed by atoms with Gasteiger partial charge in [0.05, 0.1) is 12.0 Å². The Balaban J connectivity index is 3.84. The molecule has 2 atom stereocenters. The molecule has 2 N–H and O–H groups in total. The molecule has 0 aromatic carbocycles. The van der Waals surface area contributed by atoms with Crippen LogP contribution in [0.15, 0.2) is 0 Å². The van der Waals surface area contributed by atoms with Crippen molar-refractivity contribution in [3.63, 3.8) is 0 Å². The quantitative estimate of drug-likeness (QED) is 0.663. The summed E-state index contributed by atoms with van der Waals surface area (Å²) in [6.45, 7) is 8.09. The summed E-state index contributed by atoms with van der Waals surface area (Å²) in [7, 11) is 0. The molecule has 0 heterocycles. The largest absolute Gasteiger partial charge is 0.392 e. The molecule has 5 heteroatoms. The zero-order valence-electron chi connectivity index (χ0n) is 11.7. The van der Waals surface area contributed by atoms with E-state index in [4.69, 9.17) is 0 Å². The highest BCUT2D eigenvalue weighted by Crippen LogP contribution is 2.19. The van der Waals surface area contributed by atoms with Crippen molar-refractivity contribution in [2.24, 2.45) is 11.8 Å². The molecular weight excluding hydrogens is 250 g/mol. The Morgan fingerprint density at radius 3 is 2.39 bits per heavy atom. The lowest BCUT2D eigenvalue weighted by atomic mass is 9.97. The van der Waals surface area contributed by atoms with Crippen LogP contribution in [-0.4, -0.2) is 34.5 Å². The molecule has 4 nitrogen and oxygen atoms in total.